The highest BCUT2D eigenvalue weighted by Gasteiger charge is 2.16. The SMILES string of the molecule is CCc1nncn1CCNC(=NC)N(C)Cc1nc2c(s1)CCCC2. The van der Waals surface area contributed by atoms with Gasteiger partial charge < -0.3 is 14.8 Å². The molecule has 0 aromatic carbocycles. The molecule has 0 saturated carbocycles. The molecule has 0 bridgehead atoms. The van der Waals surface area contributed by atoms with Gasteiger partial charge in [-0.15, -0.1) is 21.5 Å². The molecule has 0 atom stereocenters. The Labute approximate surface area is 153 Å². The van der Waals surface area contributed by atoms with Gasteiger partial charge in [-0.3, -0.25) is 4.99 Å². The lowest BCUT2D eigenvalue weighted by atomic mass is 10.0. The monoisotopic (exact) mass is 361 g/mol. The number of hydrogen-bond acceptors (Lipinski definition) is 5. The van der Waals surface area contributed by atoms with Crippen molar-refractivity contribution in [3.63, 3.8) is 0 Å². The van der Waals surface area contributed by atoms with Crippen molar-refractivity contribution in [3.05, 3.63) is 27.7 Å². The maximum atomic E-state index is 4.82. The van der Waals surface area contributed by atoms with Gasteiger partial charge >= 0.3 is 0 Å². The summed E-state index contributed by atoms with van der Waals surface area (Å²) >= 11 is 1.86. The second kappa shape index (κ2) is 8.42. The molecule has 2 heterocycles. The van der Waals surface area contributed by atoms with Gasteiger partial charge in [-0.05, 0) is 25.7 Å². The number of nitrogens with one attached hydrogen (secondary N) is 1. The number of aliphatic imine (C=N–C) groups is 1. The topological polar surface area (TPSA) is 71.2 Å². The van der Waals surface area contributed by atoms with Crippen molar-refractivity contribution in [1.29, 1.82) is 0 Å². The van der Waals surface area contributed by atoms with E-state index in [0.29, 0.717) is 0 Å². The first-order valence-electron chi connectivity index (χ1n) is 8.97. The van der Waals surface area contributed by atoms with Gasteiger partial charge in [-0.2, -0.15) is 0 Å². The van der Waals surface area contributed by atoms with Crippen LogP contribution in [0.4, 0.5) is 0 Å². The minimum Gasteiger partial charge on any atom is -0.354 e. The van der Waals surface area contributed by atoms with Crippen LogP contribution in [0.2, 0.25) is 0 Å². The molecule has 1 aliphatic carbocycles. The average molecular weight is 362 g/mol. The van der Waals surface area contributed by atoms with Crippen molar-refractivity contribution >= 4 is 17.3 Å². The summed E-state index contributed by atoms with van der Waals surface area (Å²) in [6.07, 6.45) is 7.59. The molecule has 0 aliphatic heterocycles. The van der Waals surface area contributed by atoms with E-state index in [4.69, 9.17) is 4.98 Å². The summed E-state index contributed by atoms with van der Waals surface area (Å²) in [6.45, 7) is 4.50. The van der Waals surface area contributed by atoms with Crippen molar-refractivity contribution in [2.75, 3.05) is 20.6 Å². The molecule has 136 valence electrons. The first-order valence-corrected chi connectivity index (χ1v) is 9.78. The second-order valence-corrected chi connectivity index (χ2v) is 7.48. The molecule has 8 heteroatoms. The van der Waals surface area contributed by atoms with Gasteiger partial charge in [-0.25, -0.2) is 4.98 Å². The number of aryl methyl sites for hydroxylation is 3. The summed E-state index contributed by atoms with van der Waals surface area (Å²) in [5, 5.41) is 12.7. The fourth-order valence-corrected chi connectivity index (χ4v) is 4.37. The van der Waals surface area contributed by atoms with Crippen molar-refractivity contribution < 1.29 is 0 Å². The molecule has 2 aromatic rings. The molecule has 0 amide bonds. The van der Waals surface area contributed by atoms with Gasteiger partial charge in [-0.1, -0.05) is 6.92 Å². The van der Waals surface area contributed by atoms with Gasteiger partial charge in [0.2, 0.25) is 0 Å². The van der Waals surface area contributed by atoms with Gasteiger partial charge in [0.1, 0.15) is 17.2 Å². The molecule has 7 nitrogen and oxygen atoms in total. The van der Waals surface area contributed by atoms with Crippen LogP contribution in [0.1, 0.15) is 41.2 Å². The predicted octanol–water partition coefficient (Wildman–Crippen LogP) is 1.88. The van der Waals surface area contributed by atoms with Crippen LogP contribution in [-0.4, -0.2) is 51.2 Å². The highest BCUT2D eigenvalue weighted by atomic mass is 32.1. The minimum absolute atomic E-state index is 0.788. The van der Waals surface area contributed by atoms with Gasteiger partial charge in [0.25, 0.3) is 0 Å². The third kappa shape index (κ3) is 4.36. The fraction of sp³-hybridized carbons (Fsp3) is 0.647. The molecule has 1 N–H and O–H groups in total. The molecule has 0 fully saturated rings. The highest BCUT2D eigenvalue weighted by molar-refractivity contribution is 7.11. The summed E-state index contributed by atoms with van der Waals surface area (Å²) in [5.41, 5.74) is 1.32. The Bertz CT molecular complexity index is 695. The third-order valence-corrected chi connectivity index (χ3v) is 5.63. The maximum Gasteiger partial charge on any atom is 0.193 e. The van der Waals surface area contributed by atoms with E-state index in [9.17, 15) is 0 Å². The van der Waals surface area contributed by atoms with E-state index in [1.54, 1.807) is 6.33 Å². The Hall–Kier alpha value is -1.96. The number of rotatable bonds is 6. The van der Waals surface area contributed by atoms with E-state index in [1.807, 2.05) is 18.4 Å². The average Bonchev–Trinajstić information content (AvgIpc) is 3.24. The van der Waals surface area contributed by atoms with Gasteiger partial charge in [0, 0.05) is 38.5 Å². The molecular formula is C17H27N7S. The summed E-state index contributed by atoms with van der Waals surface area (Å²) in [5.74, 6) is 1.90. The van der Waals surface area contributed by atoms with E-state index >= 15 is 0 Å². The number of hydrogen-bond donors (Lipinski definition) is 1. The van der Waals surface area contributed by atoms with Crippen LogP contribution in [0.25, 0.3) is 0 Å². The molecule has 0 saturated heterocycles. The summed E-state index contributed by atoms with van der Waals surface area (Å²) < 4.78 is 2.08. The lowest BCUT2D eigenvalue weighted by molar-refractivity contribution is 0.470. The normalized spacial score (nSPS) is 14.4. The Morgan fingerprint density at radius 3 is 3.00 bits per heavy atom. The number of fused-ring (bicyclic) bond motifs is 1. The molecule has 3 rings (SSSR count). The Morgan fingerprint density at radius 1 is 1.40 bits per heavy atom. The van der Waals surface area contributed by atoms with E-state index in [1.165, 1.54) is 34.8 Å². The first kappa shape index (κ1) is 17.8. The molecule has 0 unspecified atom stereocenters. The second-order valence-electron chi connectivity index (χ2n) is 6.31. The van der Waals surface area contributed by atoms with Crippen LogP contribution in [0, 0.1) is 0 Å². The van der Waals surface area contributed by atoms with Crippen molar-refractivity contribution in [2.45, 2.75) is 52.1 Å². The molecule has 1 aliphatic rings. The van der Waals surface area contributed by atoms with E-state index in [2.05, 4.69) is 43.9 Å². The standard InChI is InChI=1S/C17H27N7S/c1-4-15-22-20-12-24(15)10-9-19-17(18-2)23(3)11-16-21-13-7-5-6-8-14(13)25-16/h12H,4-11H2,1-3H3,(H,18,19). The quantitative estimate of drug-likeness (QED) is 0.628. The zero-order valence-electron chi connectivity index (χ0n) is 15.3. The minimum atomic E-state index is 0.788. The Morgan fingerprint density at radius 2 is 2.24 bits per heavy atom. The Balaban J connectivity index is 1.52. The van der Waals surface area contributed by atoms with Gasteiger partial charge in [0.15, 0.2) is 5.96 Å². The van der Waals surface area contributed by atoms with Crippen LogP contribution >= 0.6 is 11.3 Å². The summed E-state index contributed by atoms with van der Waals surface area (Å²) in [7, 11) is 3.88. The van der Waals surface area contributed by atoms with Crippen molar-refractivity contribution in [1.82, 2.24) is 30.0 Å². The zero-order chi connectivity index (χ0) is 17.6. The van der Waals surface area contributed by atoms with E-state index < -0.39 is 0 Å². The summed E-state index contributed by atoms with van der Waals surface area (Å²) in [4.78, 5) is 12.8. The van der Waals surface area contributed by atoms with Crippen molar-refractivity contribution in [2.24, 2.45) is 4.99 Å². The third-order valence-electron chi connectivity index (χ3n) is 4.48. The maximum absolute atomic E-state index is 4.82. The lowest BCUT2D eigenvalue weighted by Gasteiger charge is -2.21. The molecular weight excluding hydrogens is 334 g/mol. The first-order chi connectivity index (χ1) is 12.2. The highest BCUT2D eigenvalue weighted by Crippen LogP contribution is 2.27. The van der Waals surface area contributed by atoms with Crippen molar-refractivity contribution in [3.8, 4) is 0 Å². The molecule has 0 radical (unpaired) electrons. The van der Waals surface area contributed by atoms with Crippen LogP contribution < -0.4 is 5.32 Å². The van der Waals surface area contributed by atoms with Crippen LogP contribution in [0.5, 0.6) is 0 Å². The largest absolute Gasteiger partial charge is 0.354 e. The number of nitrogens with zero attached hydrogens (tertiary/aromatic N) is 6. The molecule has 0 spiro atoms. The van der Waals surface area contributed by atoms with Crippen LogP contribution in [-0.2, 0) is 32.4 Å². The molecule has 2 aromatic heterocycles. The van der Waals surface area contributed by atoms with Gasteiger partial charge in [0.05, 0.1) is 12.2 Å². The Kier molecular flexibility index (Phi) is 6.01. The fourth-order valence-electron chi connectivity index (χ4n) is 3.16. The lowest BCUT2D eigenvalue weighted by Crippen LogP contribution is -2.39. The number of thiazole rings is 1. The zero-order valence-corrected chi connectivity index (χ0v) is 16.1. The van der Waals surface area contributed by atoms with Crippen LogP contribution in [0.15, 0.2) is 11.3 Å². The van der Waals surface area contributed by atoms with Crippen LogP contribution in [0.3, 0.4) is 0 Å². The van der Waals surface area contributed by atoms with E-state index in [0.717, 1.165) is 44.3 Å². The predicted molar refractivity (Wildman–Crippen MR) is 101 cm³/mol. The molecule has 25 heavy (non-hydrogen) atoms. The van der Waals surface area contributed by atoms with E-state index in [-0.39, 0.29) is 0 Å². The number of guanidine groups is 1. The number of aromatic nitrogens is 4. The smallest absolute Gasteiger partial charge is 0.193 e. The summed E-state index contributed by atoms with van der Waals surface area (Å²) in [6, 6.07) is 0.